The highest BCUT2D eigenvalue weighted by molar-refractivity contribution is 5.93. The van der Waals surface area contributed by atoms with Crippen LogP contribution in [0.25, 0.3) is 0 Å². The molecule has 6 rings (SSSR count). The van der Waals surface area contributed by atoms with E-state index < -0.39 is 34.8 Å². The van der Waals surface area contributed by atoms with Crippen LogP contribution in [0.1, 0.15) is 223 Å². The van der Waals surface area contributed by atoms with Gasteiger partial charge in [-0.15, -0.1) is 0 Å². The van der Waals surface area contributed by atoms with Crippen molar-refractivity contribution in [2.24, 2.45) is 0 Å². The average Bonchev–Trinajstić information content (AvgIpc) is 3.30. The van der Waals surface area contributed by atoms with Crippen LogP contribution < -0.4 is 26.6 Å². The highest BCUT2D eigenvalue weighted by Gasteiger charge is 2.52. The largest absolute Gasteiger partial charge is 0.481 e. The second-order valence-corrected chi connectivity index (χ2v) is 21.7. The molecule has 6 N–H and O–H groups in total. The van der Waals surface area contributed by atoms with Gasteiger partial charge in [0, 0.05) is 67.2 Å². The third-order valence-electron chi connectivity index (χ3n) is 13.3. The molecule has 14 heteroatoms. The molecule has 14 nitrogen and oxygen atoms in total. The molecule has 0 saturated heterocycles. The van der Waals surface area contributed by atoms with Gasteiger partial charge in [-0.25, -0.2) is 9.59 Å². The van der Waals surface area contributed by atoms with Crippen LogP contribution >= 0.6 is 0 Å². The van der Waals surface area contributed by atoms with Crippen molar-refractivity contribution in [1.29, 1.82) is 0 Å². The van der Waals surface area contributed by atoms with Crippen LogP contribution in [0.2, 0.25) is 0 Å². The number of amides is 5. The van der Waals surface area contributed by atoms with Gasteiger partial charge >= 0.3 is 18.2 Å². The van der Waals surface area contributed by atoms with Gasteiger partial charge in [0.1, 0.15) is 11.2 Å². The Bertz CT molecular complexity index is 2220. The van der Waals surface area contributed by atoms with Gasteiger partial charge in [0.05, 0.1) is 0 Å². The molecule has 0 atom stereocenters. The molecule has 5 amide bonds. The summed E-state index contributed by atoms with van der Waals surface area (Å²) in [6.07, 6.45) is 15.2. The number of carbonyl (C=O) groups is 6. The summed E-state index contributed by atoms with van der Waals surface area (Å²) in [7, 11) is 0. The van der Waals surface area contributed by atoms with E-state index in [0.717, 1.165) is 110 Å². The van der Waals surface area contributed by atoms with E-state index in [-0.39, 0.29) is 36.5 Å². The van der Waals surface area contributed by atoms with Crippen LogP contribution in [0, 0.1) is 0 Å². The fourth-order valence-electron chi connectivity index (χ4n) is 10.0. The first kappa shape index (κ1) is 57.0. The molecule has 0 spiro atoms. The monoisotopic (exact) mass is 994 g/mol. The topological polar surface area (TPSA) is 201 Å². The Labute approximate surface area is 428 Å². The maximum Gasteiger partial charge on any atom is 0.407 e. The number of anilines is 3. The number of nitrogens with one attached hydrogen (secondary N) is 5. The number of carbonyl (C=O) groups excluding carboxylic acids is 5. The molecule has 0 saturated carbocycles. The van der Waals surface area contributed by atoms with E-state index in [0.29, 0.717) is 62.3 Å². The second kappa shape index (κ2) is 27.2. The fraction of sp³-hybridized carbons (Fsp3) is 0.586. The summed E-state index contributed by atoms with van der Waals surface area (Å²) < 4.78 is 10.6. The lowest BCUT2D eigenvalue weighted by Gasteiger charge is -2.51. The summed E-state index contributed by atoms with van der Waals surface area (Å²) in [5.74, 6) is -1.44. The number of benzene rings is 3. The van der Waals surface area contributed by atoms with Crippen molar-refractivity contribution in [2.75, 3.05) is 29.0 Å². The molecule has 0 unspecified atom stereocenters. The van der Waals surface area contributed by atoms with Crippen molar-refractivity contribution in [3.05, 3.63) is 88.0 Å². The van der Waals surface area contributed by atoms with Crippen LogP contribution in [0.15, 0.2) is 54.6 Å². The van der Waals surface area contributed by atoms with Crippen molar-refractivity contribution >= 4 is 52.9 Å². The second-order valence-electron chi connectivity index (χ2n) is 21.7. The van der Waals surface area contributed by atoms with Gasteiger partial charge in [0.15, 0.2) is 0 Å². The fourth-order valence-corrected chi connectivity index (χ4v) is 10.0. The Hall–Kier alpha value is -5.92. The lowest BCUT2D eigenvalue weighted by atomic mass is 9.51. The molecule has 0 heterocycles. The minimum absolute atomic E-state index is 0.0628. The Morgan fingerprint density at radius 1 is 0.486 bits per heavy atom. The van der Waals surface area contributed by atoms with E-state index in [1.165, 1.54) is 12.8 Å². The van der Waals surface area contributed by atoms with E-state index >= 15 is 0 Å². The Balaban J connectivity index is 1.31. The first-order valence-electron chi connectivity index (χ1n) is 26.8. The zero-order chi connectivity index (χ0) is 52.3. The highest BCUT2D eigenvalue weighted by atomic mass is 16.6. The Kier molecular flexibility index (Phi) is 21.5. The smallest absolute Gasteiger partial charge is 0.407 e. The van der Waals surface area contributed by atoms with E-state index in [1.54, 1.807) is 0 Å². The summed E-state index contributed by atoms with van der Waals surface area (Å²) in [6, 6.07) is 17.9. The average molecular weight is 994 g/mol. The van der Waals surface area contributed by atoms with Crippen LogP contribution in [0.4, 0.5) is 26.7 Å². The standard InChI is InChI=1S/C58H83N5O9/c1-8-9-10-11-14-19-24-49(64)61-40-27-30-43-46(37-40)58(34-33-52(67)68)47-38-41(62-50(65)25-20-15-12-17-22-35-59-54(69)71-56(2,3)4)28-31-44(47)53(43)45-32-29-42(39-48(45)58)63-51(66)26-21-16-13-18-23-36-60-55(70)72-57(5,6)7/h27-32,37-39,53H,8-26,33-36H2,1-7H3,(H,59,69)(H,60,70)(H,61,64)(H,62,65)(H,63,66)(H,67,68). The number of ether oxygens (including phenoxy) is 2. The van der Waals surface area contributed by atoms with Gasteiger partial charge in [-0.1, -0.05) is 95.8 Å². The van der Waals surface area contributed by atoms with E-state index in [4.69, 9.17) is 9.47 Å². The zero-order valence-electron chi connectivity index (χ0n) is 44.3. The minimum atomic E-state index is -0.995. The Morgan fingerprint density at radius 3 is 1.15 bits per heavy atom. The molecule has 0 radical (unpaired) electrons. The number of hydrogen-bond donors (Lipinski definition) is 6. The van der Waals surface area contributed by atoms with Gasteiger partial charge < -0.3 is 41.2 Å². The maximum absolute atomic E-state index is 13.5. The number of hydrogen-bond acceptors (Lipinski definition) is 8. The van der Waals surface area contributed by atoms with Gasteiger partial charge in [-0.3, -0.25) is 19.2 Å². The predicted molar refractivity (Wildman–Crippen MR) is 285 cm³/mol. The first-order chi connectivity index (χ1) is 34.3. The first-order valence-corrected chi connectivity index (χ1v) is 26.8. The summed E-state index contributed by atoms with van der Waals surface area (Å²) in [5.41, 5.74) is 5.57. The van der Waals surface area contributed by atoms with Crippen molar-refractivity contribution in [2.45, 2.75) is 206 Å². The van der Waals surface area contributed by atoms with Crippen LogP contribution in [0.5, 0.6) is 0 Å². The van der Waals surface area contributed by atoms with Gasteiger partial charge in [-0.2, -0.15) is 0 Å². The van der Waals surface area contributed by atoms with Crippen LogP contribution in [-0.2, 0) is 34.1 Å². The number of rotatable bonds is 29. The molecule has 3 aromatic rings. The molecule has 3 aromatic carbocycles. The zero-order valence-corrected chi connectivity index (χ0v) is 44.3. The molecule has 2 bridgehead atoms. The van der Waals surface area contributed by atoms with Crippen molar-refractivity contribution in [3.63, 3.8) is 0 Å². The van der Waals surface area contributed by atoms with E-state index in [9.17, 15) is 33.9 Å². The van der Waals surface area contributed by atoms with Gasteiger partial charge in [-0.05, 0) is 150 Å². The highest BCUT2D eigenvalue weighted by Crippen LogP contribution is 2.62. The molecule has 72 heavy (non-hydrogen) atoms. The van der Waals surface area contributed by atoms with Gasteiger partial charge in [0.2, 0.25) is 17.7 Å². The number of unbranched alkanes of at least 4 members (excludes halogenated alkanes) is 13. The van der Waals surface area contributed by atoms with Crippen molar-refractivity contribution in [3.8, 4) is 0 Å². The lowest BCUT2D eigenvalue weighted by Crippen LogP contribution is -2.43. The van der Waals surface area contributed by atoms with Crippen molar-refractivity contribution < 1.29 is 43.3 Å². The molecular formula is C58H83N5O9. The summed E-state index contributed by atoms with van der Waals surface area (Å²) >= 11 is 0. The number of alkyl carbamates (subject to hydrolysis) is 2. The number of carboxylic acids is 1. The number of carboxylic acid groups (broad SMARTS) is 1. The normalized spacial score (nSPS) is 15.3. The van der Waals surface area contributed by atoms with E-state index in [1.807, 2.05) is 90.1 Å². The molecular weight excluding hydrogens is 911 g/mol. The summed E-state index contributed by atoms with van der Waals surface area (Å²) in [5, 5.41) is 25.3. The minimum Gasteiger partial charge on any atom is -0.481 e. The third-order valence-corrected chi connectivity index (χ3v) is 13.3. The third kappa shape index (κ3) is 17.4. The van der Waals surface area contributed by atoms with E-state index in [2.05, 4.69) is 39.6 Å². The molecule has 0 fully saturated rings. The molecule has 3 aliphatic carbocycles. The lowest BCUT2D eigenvalue weighted by molar-refractivity contribution is -0.137. The Morgan fingerprint density at radius 2 is 0.819 bits per heavy atom. The SMILES string of the molecule is CCCCCCCCC(=O)Nc1ccc2c(c1)C1(CCC(=O)O)c3cc(NC(=O)CCCCCCCNC(=O)OC(C)(C)C)ccc3C2c2ccc(NC(=O)CCCCCCCNC(=O)OC(C)(C)C)cc21. The predicted octanol–water partition coefficient (Wildman–Crippen LogP) is 13.0. The maximum atomic E-state index is 13.5. The molecule has 3 aliphatic rings. The van der Waals surface area contributed by atoms with Crippen LogP contribution in [-0.4, -0.2) is 65.3 Å². The van der Waals surface area contributed by atoms with Crippen LogP contribution in [0.3, 0.4) is 0 Å². The summed E-state index contributed by atoms with van der Waals surface area (Å²) in [4.78, 5) is 76.7. The molecule has 0 aromatic heterocycles. The van der Waals surface area contributed by atoms with Crippen molar-refractivity contribution in [1.82, 2.24) is 10.6 Å². The molecule has 0 aliphatic heterocycles. The summed E-state index contributed by atoms with van der Waals surface area (Å²) in [6.45, 7) is 14.2. The molecule has 394 valence electrons. The van der Waals surface area contributed by atoms with Gasteiger partial charge in [0.25, 0.3) is 0 Å². The quantitative estimate of drug-likeness (QED) is 0.0366. The number of aliphatic carboxylic acids is 1.